The molecule has 18 heavy (non-hydrogen) atoms. The summed E-state index contributed by atoms with van der Waals surface area (Å²) >= 11 is 0. The Hall–Kier alpha value is -1.23. The molecule has 0 radical (unpaired) electrons. The summed E-state index contributed by atoms with van der Waals surface area (Å²) in [5.74, 6) is 0.990. The van der Waals surface area contributed by atoms with E-state index in [9.17, 15) is 0 Å². The second-order valence-electron chi connectivity index (χ2n) is 5.67. The molecule has 100 valence electrons. The summed E-state index contributed by atoms with van der Waals surface area (Å²) in [5.41, 5.74) is 7.78. The SMILES string of the molecule is Cc1nn(C)c(NC2CCN3CCCC3C2)c1N. The Morgan fingerprint density at radius 3 is 2.89 bits per heavy atom. The van der Waals surface area contributed by atoms with Gasteiger partial charge in [0.1, 0.15) is 5.82 Å². The predicted molar refractivity (Wildman–Crippen MR) is 73.6 cm³/mol. The van der Waals surface area contributed by atoms with E-state index in [0.717, 1.165) is 23.2 Å². The van der Waals surface area contributed by atoms with Gasteiger partial charge in [0.05, 0.1) is 11.4 Å². The monoisotopic (exact) mass is 249 g/mol. The van der Waals surface area contributed by atoms with E-state index >= 15 is 0 Å². The van der Waals surface area contributed by atoms with Gasteiger partial charge in [-0.1, -0.05) is 0 Å². The molecule has 2 aliphatic heterocycles. The lowest BCUT2D eigenvalue weighted by molar-refractivity contribution is 0.188. The molecule has 0 aliphatic carbocycles. The maximum atomic E-state index is 6.07. The summed E-state index contributed by atoms with van der Waals surface area (Å²) in [6, 6.07) is 1.33. The third-order valence-corrected chi connectivity index (χ3v) is 4.43. The second kappa shape index (κ2) is 4.46. The number of rotatable bonds is 2. The summed E-state index contributed by atoms with van der Waals surface area (Å²) in [6.07, 6.45) is 5.17. The first-order valence-electron chi connectivity index (χ1n) is 6.95. The van der Waals surface area contributed by atoms with Crippen LogP contribution in [-0.2, 0) is 7.05 Å². The van der Waals surface area contributed by atoms with Crippen LogP contribution in [0.4, 0.5) is 11.5 Å². The number of aromatic nitrogens is 2. The van der Waals surface area contributed by atoms with Gasteiger partial charge in [0.25, 0.3) is 0 Å². The lowest BCUT2D eigenvalue weighted by atomic mass is 9.97. The van der Waals surface area contributed by atoms with Crippen LogP contribution in [0.5, 0.6) is 0 Å². The van der Waals surface area contributed by atoms with Crippen LogP contribution in [0.15, 0.2) is 0 Å². The fraction of sp³-hybridized carbons (Fsp3) is 0.769. The number of nitrogen functional groups attached to an aromatic ring is 1. The van der Waals surface area contributed by atoms with E-state index in [1.54, 1.807) is 0 Å². The van der Waals surface area contributed by atoms with Gasteiger partial charge in [0, 0.05) is 25.7 Å². The molecule has 2 fully saturated rings. The highest BCUT2D eigenvalue weighted by Crippen LogP contribution is 2.30. The molecular weight excluding hydrogens is 226 g/mol. The Morgan fingerprint density at radius 1 is 1.33 bits per heavy atom. The molecular formula is C13H23N5. The molecule has 1 aromatic heterocycles. The minimum absolute atomic E-state index is 0.543. The molecule has 3 heterocycles. The molecule has 2 aliphatic rings. The number of nitrogens with two attached hydrogens (primary N) is 1. The van der Waals surface area contributed by atoms with Crippen molar-refractivity contribution in [1.82, 2.24) is 14.7 Å². The van der Waals surface area contributed by atoms with Gasteiger partial charge in [0.15, 0.2) is 0 Å². The Kier molecular flexibility index (Phi) is 2.93. The largest absolute Gasteiger partial charge is 0.394 e. The third-order valence-electron chi connectivity index (χ3n) is 4.43. The van der Waals surface area contributed by atoms with Crippen molar-refractivity contribution in [1.29, 1.82) is 0 Å². The van der Waals surface area contributed by atoms with Gasteiger partial charge in [0.2, 0.25) is 0 Å². The smallest absolute Gasteiger partial charge is 0.147 e. The molecule has 0 amide bonds. The van der Waals surface area contributed by atoms with Crippen molar-refractivity contribution >= 4 is 11.5 Å². The van der Waals surface area contributed by atoms with E-state index in [4.69, 9.17) is 5.73 Å². The van der Waals surface area contributed by atoms with Crippen molar-refractivity contribution in [2.24, 2.45) is 7.05 Å². The van der Waals surface area contributed by atoms with Crippen molar-refractivity contribution in [3.05, 3.63) is 5.69 Å². The zero-order valence-corrected chi connectivity index (χ0v) is 11.3. The van der Waals surface area contributed by atoms with Crippen LogP contribution in [0.1, 0.15) is 31.4 Å². The quantitative estimate of drug-likeness (QED) is 0.830. The highest BCUT2D eigenvalue weighted by Gasteiger charge is 2.32. The third kappa shape index (κ3) is 1.96. The standard InChI is InChI=1S/C13H23N5/c1-9-12(14)13(17(2)16-9)15-10-5-7-18-6-3-4-11(18)8-10/h10-11,15H,3-8,14H2,1-2H3. The highest BCUT2D eigenvalue weighted by molar-refractivity contribution is 5.65. The number of nitrogens with one attached hydrogen (secondary N) is 1. The number of aryl methyl sites for hydroxylation is 2. The maximum Gasteiger partial charge on any atom is 0.147 e. The van der Waals surface area contributed by atoms with Crippen molar-refractivity contribution in [2.75, 3.05) is 24.1 Å². The van der Waals surface area contributed by atoms with Gasteiger partial charge >= 0.3 is 0 Å². The maximum absolute atomic E-state index is 6.07. The van der Waals surface area contributed by atoms with Gasteiger partial charge < -0.3 is 16.0 Å². The van der Waals surface area contributed by atoms with Crippen molar-refractivity contribution in [2.45, 2.75) is 44.7 Å². The number of hydrogen-bond donors (Lipinski definition) is 2. The molecule has 3 rings (SSSR count). The van der Waals surface area contributed by atoms with Crippen LogP contribution in [-0.4, -0.2) is 39.9 Å². The zero-order chi connectivity index (χ0) is 12.7. The van der Waals surface area contributed by atoms with E-state index in [2.05, 4.69) is 15.3 Å². The number of fused-ring (bicyclic) bond motifs is 1. The predicted octanol–water partition coefficient (Wildman–Crippen LogP) is 1.35. The number of hydrogen-bond acceptors (Lipinski definition) is 4. The molecule has 0 spiro atoms. The molecule has 5 heteroatoms. The average molecular weight is 249 g/mol. The van der Waals surface area contributed by atoms with Crippen LogP contribution in [0.3, 0.4) is 0 Å². The van der Waals surface area contributed by atoms with Crippen LogP contribution >= 0.6 is 0 Å². The van der Waals surface area contributed by atoms with Crippen molar-refractivity contribution in [3.8, 4) is 0 Å². The van der Waals surface area contributed by atoms with Gasteiger partial charge in [-0.15, -0.1) is 0 Å². The Bertz CT molecular complexity index is 439. The molecule has 2 atom stereocenters. The van der Waals surface area contributed by atoms with E-state index in [1.807, 2.05) is 18.7 Å². The van der Waals surface area contributed by atoms with E-state index < -0.39 is 0 Å². The lowest BCUT2D eigenvalue weighted by Crippen LogP contribution is -2.43. The summed E-state index contributed by atoms with van der Waals surface area (Å²) in [7, 11) is 1.95. The molecule has 2 saturated heterocycles. The Balaban J connectivity index is 1.69. The summed E-state index contributed by atoms with van der Waals surface area (Å²) in [5, 5.41) is 7.96. The number of piperidine rings is 1. The van der Waals surface area contributed by atoms with Gasteiger partial charge in [-0.3, -0.25) is 4.68 Å². The van der Waals surface area contributed by atoms with Crippen molar-refractivity contribution in [3.63, 3.8) is 0 Å². The zero-order valence-electron chi connectivity index (χ0n) is 11.3. The molecule has 2 unspecified atom stereocenters. The average Bonchev–Trinajstić information content (AvgIpc) is 2.89. The molecule has 5 nitrogen and oxygen atoms in total. The fourth-order valence-corrected chi connectivity index (χ4v) is 3.39. The number of nitrogens with zero attached hydrogens (tertiary/aromatic N) is 3. The molecule has 0 aromatic carbocycles. The first kappa shape index (κ1) is 11.8. The summed E-state index contributed by atoms with van der Waals surface area (Å²) < 4.78 is 1.87. The van der Waals surface area contributed by atoms with E-state index in [0.29, 0.717) is 6.04 Å². The van der Waals surface area contributed by atoms with Gasteiger partial charge in [-0.25, -0.2) is 0 Å². The molecule has 0 saturated carbocycles. The molecule has 3 N–H and O–H groups in total. The fourth-order valence-electron chi connectivity index (χ4n) is 3.39. The minimum atomic E-state index is 0.543. The Morgan fingerprint density at radius 2 is 2.17 bits per heavy atom. The normalized spacial score (nSPS) is 28.3. The topological polar surface area (TPSA) is 59.1 Å². The minimum Gasteiger partial charge on any atom is -0.394 e. The van der Waals surface area contributed by atoms with Crippen LogP contribution < -0.4 is 11.1 Å². The molecule has 0 bridgehead atoms. The Labute approximate surface area is 108 Å². The highest BCUT2D eigenvalue weighted by atomic mass is 15.3. The lowest BCUT2D eigenvalue weighted by Gasteiger charge is -2.35. The van der Waals surface area contributed by atoms with Gasteiger partial charge in [-0.05, 0) is 39.2 Å². The summed E-state index contributed by atoms with van der Waals surface area (Å²) in [6.45, 7) is 4.48. The van der Waals surface area contributed by atoms with Crippen molar-refractivity contribution < 1.29 is 0 Å². The van der Waals surface area contributed by atoms with Crippen LogP contribution in [0.2, 0.25) is 0 Å². The first-order chi connectivity index (χ1) is 8.65. The van der Waals surface area contributed by atoms with Gasteiger partial charge in [-0.2, -0.15) is 5.10 Å². The van der Waals surface area contributed by atoms with E-state index in [-0.39, 0.29) is 0 Å². The van der Waals surface area contributed by atoms with E-state index in [1.165, 1.54) is 38.8 Å². The first-order valence-corrected chi connectivity index (χ1v) is 6.95. The van der Waals surface area contributed by atoms with Crippen LogP contribution in [0.25, 0.3) is 0 Å². The number of anilines is 2. The van der Waals surface area contributed by atoms with Crippen LogP contribution in [0, 0.1) is 6.92 Å². The molecule has 1 aromatic rings. The summed E-state index contributed by atoms with van der Waals surface area (Å²) in [4.78, 5) is 2.63. The second-order valence-corrected chi connectivity index (χ2v) is 5.67.